The van der Waals surface area contributed by atoms with Gasteiger partial charge in [-0.15, -0.1) is 11.6 Å². The molecule has 0 unspecified atom stereocenters. The van der Waals surface area contributed by atoms with E-state index >= 15 is 0 Å². The van der Waals surface area contributed by atoms with Crippen LogP contribution in [-0.2, 0) is 9.53 Å². The van der Waals surface area contributed by atoms with Crippen molar-refractivity contribution in [1.82, 2.24) is 4.90 Å². The number of hydrogen-bond donors (Lipinski definition) is 0. The van der Waals surface area contributed by atoms with Crippen LogP contribution in [-0.4, -0.2) is 48.7 Å². The number of amides is 1. The third-order valence-corrected chi connectivity index (χ3v) is 2.92. The van der Waals surface area contributed by atoms with Gasteiger partial charge in [-0.05, 0) is 12.8 Å². The second-order valence-corrected chi connectivity index (χ2v) is 4.54. The number of ether oxygens (including phenoxy) is 1. The summed E-state index contributed by atoms with van der Waals surface area (Å²) in [4.78, 5) is 13.6. The maximum Gasteiger partial charge on any atom is 0.411 e. The van der Waals surface area contributed by atoms with Crippen molar-refractivity contribution in [2.45, 2.75) is 45.3 Å². The zero-order valence-electron chi connectivity index (χ0n) is 11.3. The van der Waals surface area contributed by atoms with E-state index in [0.29, 0.717) is 12.4 Å². The van der Waals surface area contributed by atoms with Crippen LogP contribution >= 0.6 is 11.6 Å². The third-order valence-electron chi connectivity index (χ3n) is 2.76. The summed E-state index contributed by atoms with van der Waals surface area (Å²) in [6.45, 7) is 2.79. The number of alkyl halides is 4. The number of nitrogens with zero attached hydrogens (tertiary/aromatic N) is 1. The van der Waals surface area contributed by atoms with Crippen LogP contribution in [0.2, 0.25) is 0 Å². The molecule has 0 rings (SSSR count). The highest BCUT2D eigenvalue weighted by molar-refractivity contribution is 6.18. The topological polar surface area (TPSA) is 29.5 Å². The molecular weight excluding hydrogens is 283 g/mol. The van der Waals surface area contributed by atoms with Crippen LogP contribution in [0, 0.1) is 0 Å². The first-order chi connectivity index (χ1) is 8.85. The van der Waals surface area contributed by atoms with Crippen molar-refractivity contribution < 1.29 is 22.7 Å². The molecule has 19 heavy (non-hydrogen) atoms. The van der Waals surface area contributed by atoms with Crippen LogP contribution in [0.25, 0.3) is 0 Å². The van der Waals surface area contributed by atoms with Crippen LogP contribution < -0.4 is 0 Å². The molecule has 0 atom stereocenters. The molecule has 0 spiro atoms. The Morgan fingerprint density at radius 3 is 2.32 bits per heavy atom. The lowest BCUT2D eigenvalue weighted by Gasteiger charge is -2.30. The molecule has 0 saturated heterocycles. The van der Waals surface area contributed by atoms with Gasteiger partial charge in [-0.25, -0.2) is 0 Å². The highest BCUT2D eigenvalue weighted by Crippen LogP contribution is 2.15. The molecule has 0 bridgehead atoms. The molecule has 0 aliphatic heterocycles. The molecule has 0 aliphatic carbocycles. The zero-order valence-corrected chi connectivity index (χ0v) is 12.1. The number of halogens is 4. The molecule has 114 valence electrons. The van der Waals surface area contributed by atoms with E-state index in [1.165, 1.54) is 0 Å². The van der Waals surface area contributed by atoms with E-state index in [1.807, 2.05) is 13.8 Å². The van der Waals surface area contributed by atoms with Crippen molar-refractivity contribution >= 4 is 17.5 Å². The molecule has 0 fully saturated rings. The molecule has 3 nitrogen and oxygen atoms in total. The number of carbonyl (C=O) groups excluding carboxylic acids is 1. The van der Waals surface area contributed by atoms with Crippen molar-refractivity contribution in [3.8, 4) is 0 Å². The average Bonchev–Trinajstić information content (AvgIpc) is 2.33. The average molecular weight is 304 g/mol. The molecule has 0 aromatic carbocycles. The predicted molar refractivity (Wildman–Crippen MR) is 68.3 cm³/mol. The Hall–Kier alpha value is -0.490. The second-order valence-electron chi connectivity index (χ2n) is 4.16. The van der Waals surface area contributed by atoms with Crippen LogP contribution in [0.4, 0.5) is 13.2 Å². The van der Waals surface area contributed by atoms with E-state index in [9.17, 15) is 18.0 Å². The van der Waals surface area contributed by atoms with Crippen molar-refractivity contribution in [1.29, 1.82) is 0 Å². The maximum absolute atomic E-state index is 11.9. The molecule has 1 amide bonds. The molecule has 0 aromatic heterocycles. The van der Waals surface area contributed by atoms with Gasteiger partial charge in [0.05, 0.1) is 13.0 Å². The van der Waals surface area contributed by atoms with Crippen LogP contribution in [0.3, 0.4) is 0 Å². The summed E-state index contributed by atoms with van der Waals surface area (Å²) in [5.41, 5.74) is 0. The van der Waals surface area contributed by atoms with Crippen LogP contribution in [0.1, 0.15) is 33.1 Å². The van der Waals surface area contributed by atoms with Gasteiger partial charge in [0.2, 0.25) is 5.91 Å². The first-order valence-electron chi connectivity index (χ1n) is 6.35. The van der Waals surface area contributed by atoms with Crippen molar-refractivity contribution in [3.05, 3.63) is 0 Å². The molecular formula is C12H21ClF3NO2. The summed E-state index contributed by atoms with van der Waals surface area (Å²) in [5.74, 6) is 0.0996. The summed E-state index contributed by atoms with van der Waals surface area (Å²) >= 11 is 5.65. The van der Waals surface area contributed by atoms with Gasteiger partial charge in [0.1, 0.15) is 6.61 Å². The van der Waals surface area contributed by atoms with Gasteiger partial charge in [0, 0.05) is 18.5 Å². The fourth-order valence-electron chi connectivity index (χ4n) is 1.82. The fraction of sp³-hybridized carbons (Fsp3) is 0.917. The van der Waals surface area contributed by atoms with Gasteiger partial charge in [-0.2, -0.15) is 13.2 Å². The fourth-order valence-corrected chi connectivity index (χ4v) is 2.00. The normalized spacial score (nSPS) is 11.9. The Bertz CT molecular complexity index is 258. The first-order valence-corrected chi connectivity index (χ1v) is 6.89. The second kappa shape index (κ2) is 9.42. The molecule has 0 saturated carbocycles. The summed E-state index contributed by atoms with van der Waals surface area (Å²) in [7, 11) is 0. The first kappa shape index (κ1) is 18.5. The summed E-state index contributed by atoms with van der Waals surface area (Å²) in [6, 6.07) is 0.0777. The monoisotopic (exact) mass is 303 g/mol. The van der Waals surface area contributed by atoms with E-state index in [-0.39, 0.29) is 25.0 Å². The van der Waals surface area contributed by atoms with Gasteiger partial charge >= 0.3 is 6.18 Å². The Morgan fingerprint density at radius 2 is 1.89 bits per heavy atom. The molecule has 0 heterocycles. The lowest BCUT2D eigenvalue weighted by molar-refractivity contribution is -0.175. The van der Waals surface area contributed by atoms with Gasteiger partial charge in [0.15, 0.2) is 0 Å². The van der Waals surface area contributed by atoms with Crippen molar-refractivity contribution in [3.63, 3.8) is 0 Å². The lowest BCUT2D eigenvalue weighted by Crippen LogP contribution is -2.41. The van der Waals surface area contributed by atoms with Gasteiger partial charge in [-0.1, -0.05) is 13.8 Å². The minimum atomic E-state index is -4.35. The van der Waals surface area contributed by atoms with Gasteiger partial charge in [-0.3, -0.25) is 4.79 Å². The smallest absolute Gasteiger partial charge is 0.372 e. The van der Waals surface area contributed by atoms with E-state index in [4.69, 9.17) is 11.6 Å². The Labute approximate surface area is 117 Å². The Morgan fingerprint density at radius 1 is 1.32 bits per heavy atom. The molecule has 0 radical (unpaired) electrons. The van der Waals surface area contributed by atoms with Crippen LogP contribution in [0.5, 0.6) is 0 Å². The molecule has 0 aromatic rings. The third kappa shape index (κ3) is 8.31. The van der Waals surface area contributed by atoms with Gasteiger partial charge < -0.3 is 9.64 Å². The lowest BCUT2D eigenvalue weighted by atomic mass is 10.1. The standard InChI is InChI=1S/C12H21ClF3NO2/c1-3-10(4-2)17(7-6-13)11(18)5-8-19-9-12(14,15)16/h10H,3-9H2,1-2H3. The summed E-state index contributed by atoms with van der Waals surface area (Å²) < 4.78 is 40.0. The van der Waals surface area contributed by atoms with Gasteiger partial charge in [0.25, 0.3) is 0 Å². The van der Waals surface area contributed by atoms with E-state index in [0.717, 1.165) is 12.8 Å². The van der Waals surface area contributed by atoms with E-state index in [2.05, 4.69) is 4.74 Å². The van der Waals surface area contributed by atoms with E-state index < -0.39 is 12.8 Å². The van der Waals surface area contributed by atoms with Crippen molar-refractivity contribution in [2.75, 3.05) is 25.6 Å². The quantitative estimate of drug-likeness (QED) is 0.483. The Kier molecular flexibility index (Phi) is 9.18. The largest absolute Gasteiger partial charge is 0.411 e. The number of rotatable bonds is 9. The molecule has 7 heteroatoms. The van der Waals surface area contributed by atoms with E-state index in [1.54, 1.807) is 4.90 Å². The van der Waals surface area contributed by atoms with Crippen LogP contribution in [0.15, 0.2) is 0 Å². The SMILES string of the molecule is CCC(CC)N(CCCl)C(=O)CCOCC(F)(F)F. The Balaban J connectivity index is 4.18. The highest BCUT2D eigenvalue weighted by Gasteiger charge is 2.27. The summed E-state index contributed by atoms with van der Waals surface area (Å²) in [6.07, 6.45) is -2.82. The summed E-state index contributed by atoms with van der Waals surface area (Å²) in [5, 5.41) is 0. The minimum Gasteiger partial charge on any atom is -0.372 e. The van der Waals surface area contributed by atoms with Crippen molar-refractivity contribution in [2.24, 2.45) is 0 Å². The highest BCUT2D eigenvalue weighted by atomic mass is 35.5. The predicted octanol–water partition coefficient (Wildman–Crippen LogP) is 3.21. The number of hydrogen-bond acceptors (Lipinski definition) is 2. The minimum absolute atomic E-state index is 0.0521. The number of carbonyl (C=O) groups is 1. The molecule has 0 aliphatic rings. The maximum atomic E-state index is 11.9. The molecule has 0 N–H and O–H groups in total. The zero-order chi connectivity index (χ0) is 14.9.